The van der Waals surface area contributed by atoms with Crippen LogP contribution >= 0.6 is 0 Å². The molecule has 0 aliphatic heterocycles. The average molecular weight is 239 g/mol. The van der Waals surface area contributed by atoms with E-state index in [2.05, 4.69) is 23.8 Å². The van der Waals surface area contributed by atoms with Crippen molar-refractivity contribution in [3.05, 3.63) is 11.9 Å². The van der Waals surface area contributed by atoms with Crippen LogP contribution in [0.3, 0.4) is 0 Å². The van der Waals surface area contributed by atoms with E-state index in [1.165, 1.54) is 6.33 Å². The molecule has 0 fully saturated rings. The van der Waals surface area contributed by atoms with E-state index in [4.69, 9.17) is 15.2 Å². The lowest BCUT2D eigenvalue weighted by Crippen LogP contribution is -2.12. The third-order valence-electron chi connectivity index (χ3n) is 2.21. The van der Waals surface area contributed by atoms with Gasteiger partial charge in [-0.3, -0.25) is 0 Å². The molecule has 17 heavy (non-hydrogen) atoms. The molecule has 0 unspecified atom stereocenters. The summed E-state index contributed by atoms with van der Waals surface area (Å²) in [6.45, 7) is 8.01. The first kappa shape index (κ1) is 13.7. The molecule has 5 heteroatoms. The summed E-state index contributed by atoms with van der Waals surface area (Å²) in [7, 11) is 0. The molecule has 0 amide bonds. The fraction of sp³-hybridized carbons (Fsp3) is 0.667. The molecule has 0 saturated carbocycles. The van der Waals surface area contributed by atoms with Crippen LogP contribution < -0.4 is 10.5 Å². The number of hydrogen-bond donors (Lipinski definition) is 1. The van der Waals surface area contributed by atoms with Crippen LogP contribution in [0.1, 0.15) is 26.3 Å². The summed E-state index contributed by atoms with van der Waals surface area (Å²) >= 11 is 0. The summed E-state index contributed by atoms with van der Waals surface area (Å²) < 4.78 is 11.0. The first-order valence-corrected chi connectivity index (χ1v) is 5.95. The number of nitrogens with two attached hydrogens (primary N) is 1. The third kappa shape index (κ3) is 4.56. The van der Waals surface area contributed by atoms with E-state index in [1.807, 2.05) is 6.92 Å². The number of ether oxygens (including phenoxy) is 2. The van der Waals surface area contributed by atoms with Gasteiger partial charge in [-0.15, -0.1) is 0 Å². The summed E-state index contributed by atoms with van der Waals surface area (Å²) in [6.07, 6.45) is 2.17. The van der Waals surface area contributed by atoms with Crippen molar-refractivity contribution in [2.75, 3.05) is 25.6 Å². The monoisotopic (exact) mass is 239 g/mol. The largest absolute Gasteiger partial charge is 0.475 e. The molecule has 1 aromatic rings. The Morgan fingerprint density at radius 2 is 2.06 bits per heavy atom. The van der Waals surface area contributed by atoms with Crippen LogP contribution in [0.2, 0.25) is 0 Å². The van der Waals surface area contributed by atoms with Crippen molar-refractivity contribution >= 4 is 5.82 Å². The fourth-order valence-electron chi connectivity index (χ4n) is 1.38. The molecule has 1 rings (SSSR count). The molecule has 0 bridgehead atoms. The highest BCUT2D eigenvalue weighted by molar-refractivity contribution is 5.44. The Kier molecular flexibility index (Phi) is 5.69. The molecular formula is C12H21N3O2. The first-order valence-electron chi connectivity index (χ1n) is 5.95. The maximum absolute atomic E-state index is 5.74. The lowest BCUT2D eigenvalue weighted by Gasteiger charge is -2.11. The Balaban J connectivity index is 2.39. The predicted molar refractivity (Wildman–Crippen MR) is 67.0 cm³/mol. The topological polar surface area (TPSA) is 70.3 Å². The van der Waals surface area contributed by atoms with Gasteiger partial charge in [-0.2, -0.15) is 0 Å². The highest BCUT2D eigenvalue weighted by atomic mass is 16.5. The summed E-state index contributed by atoms with van der Waals surface area (Å²) in [5.74, 6) is 1.59. The van der Waals surface area contributed by atoms with Gasteiger partial charge in [-0.05, 0) is 12.3 Å². The Hall–Kier alpha value is -1.36. The second kappa shape index (κ2) is 7.06. The molecule has 5 nitrogen and oxygen atoms in total. The minimum Gasteiger partial charge on any atom is -0.475 e. The van der Waals surface area contributed by atoms with E-state index in [-0.39, 0.29) is 0 Å². The van der Waals surface area contributed by atoms with Crippen LogP contribution in [0.25, 0.3) is 0 Å². The van der Waals surface area contributed by atoms with E-state index >= 15 is 0 Å². The normalized spacial score (nSPS) is 10.8. The summed E-state index contributed by atoms with van der Waals surface area (Å²) in [5.41, 5.74) is 6.60. The SMILES string of the molecule is CCc1c(N)ncnc1OCCOCC(C)C. The molecule has 96 valence electrons. The first-order chi connectivity index (χ1) is 8.15. The Bertz CT molecular complexity index is 343. The highest BCUT2D eigenvalue weighted by Gasteiger charge is 2.08. The second-order valence-electron chi connectivity index (χ2n) is 4.21. The molecule has 0 spiro atoms. The molecule has 0 aliphatic carbocycles. The second-order valence-corrected chi connectivity index (χ2v) is 4.21. The van der Waals surface area contributed by atoms with Crippen molar-refractivity contribution < 1.29 is 9.47 Å². The average Bonchev–Trinajstić information content (AvgIpc) is 2.28. The molecule has 0 aliphatic rings. The van der Waals surface area contributed by atoms with Gasteiger partial charge in [0.2, 0.25) is 5.88 Å². The lowest BCUT2D eigenvalue weighted by atomic mass is 10.2. The quantitative estimate of drug-likeness (QED) is 0.733. The molecule has 2 N–H and O–H groups in total. The summed E-state index contributed by atoms with van der Waals surface area (Å²) in [5, 5.41) is 0. The predicted octanol–water partition coefficient (Wildman–Crippen LogP) is 1.67. The van der Waals surface area contributed by atoms with Crippen LogP contribution in [0, 0.1) is 5.92 Å². The molecule has 1 heterocycles. The number of aromatic nitrogens is 2. The van der Waals surface area contributed by atoms with Crippen LogP contribution in [-0.2, 0) is 11.2 Å². The summed E-state index contributed by atoms with van der Waals surface area (Å²) in [4.78, 5) is 8.01. The molecule has 0 atom stereocenters. The number of anilines is 1. The van der Waals surface area contributed by atoms with Gasteiger partial charge in [0.25, 0.3) is 0 Å². The molecule has 0 aromatic carbocycles. The Labute approximate surface area is 102 Å². The summed E-state index contributed by atoms with van der Waals surface area (Å²) in [6, 6.07) is 0. The van der Waals surface area contributed by atoms with Gasteiger partial charge in [0.05, 0.1) is 12.2 Å². The fourth-order valence-corrected chi connectivity index (χ4v) is 1.38. The van der Waals surface area contributed by atoms with Crippen molar-refractivity contribution in [3.63, 3.8) is 0 Å². The Morgan fingerprint density at radius 1 is 1.29 bits per heavy atom. The lowest BCUT2D eigenvalue weighted by molar-refractivity contribution is 0.0803. The molecule has 0 saturated heterocycles. The number of hydrogen-bond acceptors (Lipinski definition) is 5. The van der Waals surface area contributed by atoms with E-state index in [0.717, 1.165) is 18.6 Å². The van der Waals surface area contributed by atoms with Crippen LogP contribution in [0.4, 0.5) is 5.82 Å². The minimum absolute atomic E-state index is 0.482. The van der Waals surface area contributed by atoms with Crippen LogP contribution in [0.15, 0.2) is 6.33 Å². The van der Waals surface area contributed by atoms with Crippen molar-refractivity contribution in [2.24, 2.45) is 5.92 Å². The number of nitrogens with zero attached hydrogens (tertiary/aromatic N) is 2. The van der Waals surface area contributed by atoms with Crippen molar-refractivity contribution in [1.29, 1.82) is 0 Å². The van der Waals surface area contributed by atoms with E-state index < -0.39 is 0 Å². The highest BCUT2D eigenvalue weighted by Crippen LogP contribution is 2.19. The zero-order valence-electron chi connectivity index (χ0n) is 10.8. The van der Waals surface area contributed by atoms with Gasteiger partial charge >= 0.3 is 0 Å². The number of rotatable bonds is 7. The maximum atomic E-state index is 5.74. The Morgan fingerprint density at radius 3 is 2.71 bits per heavy atom. The van der Waals surface area contributed by atoms with Crippen molar-refractivity contribution in [1.82, 2.24) is 9.97 Å². The van der Waals surface area contributed by atoms with Crippen LogP contribution in [0.5, 0.6) is 5.88 Å². The smallest absolute Gasteiger partial charge is 0.221 e. The van der Waals surface area contributed by atoms with Gasteiger partial charge in [-0.1, -0.05) is 20.8 Å². The van der Waals surface area contributed by atoms with Gasteiger partial charge in [0.1, 0.15) is 18.8 Å². The zero-order chi connectivity index (χ0) is 12.7. The number of nitrogen functional groups attached to an aromatic ring is 1. The molecular weight excluding hydrogens is 218 g/mol. The van der Waals surface area contributed by atoms with E-state index in [9.17, 15) is 0 Å². The van der Waals surface area contributed by atoms with Crippen LogP contribution in [-0.4, -0.2) is 29.8 Å². The van der Waals surface area contributed by atoms with E-state index in [0.29, 0.717) is 30.8 Å². The minimum atomic E-state index is 0.482. The standard InChI is InChI=1S/C12H21N3O2/c1-4-10-11(13)14-8-15-12(10)17-6-5-16-7-9(2)3/h8-9H,4-7H2,1-3H3,(H2,13,14,15). The van der Waals surface area contributed by atoms with Crippen molar-refractivity contribution in [3.8, 4) is 5.88 Å². The van der Waals surface area contributed by atoms with E-state index in [1.54, 1.807) is 0 Å². The van der Waals surface area contributed by atoms with Gasteiger partial charge in [-0.25, -0.2) is 9.97 Å². The zero-order valence-corrected chi connectivity index (χ0v) is 10.8. The molecule has 1 aromatic heterocycles. The molecule has 0 radical (unpaired) electrons. The maximum Gasteiger partial charge on any atom is 0.221 e. The van der Waals surface area contributed by atoms with Crippen molar-refractivity contribution in [2.45, 2.75) is 27.2 Å². The third-order valence-corrected chi connectivity index (χ3v) is 2.21. The van der Waals surface area contributed by atoms with Gasteiger partial charge in [0.15, 0.2) is 0 Å². The van der Waals surface area contributed by atoms with Gasteiger partial charge < -0.3 is 15.2 Å². The van der Waals surface area contributed by atoms with Gasteiger partial charge in [0, 0.05) is 6.61 Å².